The number of thiocarbonyl (C=S) groups is 1. The Balaban J connectivity index is 2.13. The zero-order valence-corrected chi connectivity index (χ0v) is 13.5. The number of rotatable bonds is 4. The van der Waals surface area contributed by atoms with E-state index < -0.39 is 0 Å². The van der Waals surface area contributed by atoms with Crippen molar-refractivity contribution in [3.63, 3.8) is 0 Å². The first-order valence-corrected chi connectivity index (χ1v) is 7.30. The molecule has 0 bridgehead atoms. The first-order valence-electron chi connectivity index (χ1n) is 6.51. The van der Waals surface area contributed by atoms with Gasteiger partial charge in [-0.3, -0.25) is 0 Å². The van der Waals surface area contributed by atoms with Crippen LogP contribution in [0, 0.1) is 16.7 Å². The van der Waals surface area contributed by atoms with Crippen LogP contribution < -0.4 is 11.1 Å². The molecule has 0 unspecified atom stereocenters. The van der Waals surface area contributed by atoms with Crippen LogP contribution >= 0.6 is 23.8 Å². The quantitative estimate of drug-likeness (QED) is 0.823. The standard InChI is InChI=1S/C15H21ClN2S/c1-14(2)12(15(14,3)4)8-18-11-7-9(16)5-6-10(11)13(17)19/h5-7,12,18H,8H2,1-4H3,(H2,17,19). The first-order chi connectivity index (χ1) is 8.68. The Labute approximate surface area is 125 Å². The largest absolute Gasteiger partial charge is 0.389 e. The molecule has 1 saturated carbocycles. The molecule has 2 nitrogen and oxygen atoms in total. The van der Waals surface area contributed by atoms with Crippen LogP contribution in [0.15, 0.2) is 18.2 Å². The van der Waals surface area contributed by atoms with Gasteiger partial charge in [-0.25, -0.2) is 0 Å². The first kappa shape index (κ1) is 14.6. The Morgan fingerprint density at radius 3 is 2.37 bits per heavy atom. The SMILES string of the molecule is CC1(C)C(CNc2cc(Cl)ccc2C(N)=S)C1(C)C. The lowest BCUT2D eigenvalue weighted by Crippen LogP contribution is -2.15. The zero-order chi connectivity index (χ0) is 14.4. The molecule has 0 amide bonds. The highest BCUT2D eigenvalue weighted by atomic mass is 35.5. The van der Waals surface area contributed by atoms with E-state index in [-0.39, 0.29) is 0 Å². The third kappa shape index (κ3) is 2.46. The normalized spacial score (nSPS) is 20.1. The van der Waals surface area contributed by atoms with E-state index in [1.54, 1.807) is 0 Å². The van der Waals surface area contributed by atoms with Crippen molar-refractivity contribution in [1.82, 2.24) is 0 Å². The van der Waals surface area contributed by atoms with Gasteiger partial charge in [0.1, 0.15) is 4.99 Å². The van der Waals surface area contributed by atoms with Crippen molar-refractivity contribution >= 4 is 34.5 Å². The molecule has 1 aliphatic carbocycles. The van der Waals surface area contributed by atoms with Gasteiger partial charge in [-0.1, -0.05) is 51.5 Å². The monoisotopic (exact) mass is 296 g/mol. The minimum absolute atomic E-state index is 0.363. The highest BCUT2D eigenvalue weighted by Crippen LogP contribution is 2.68. The lowest BCUT2D eigenvalue weighted by atomic mass is 10.0. The molecule has 2 rings (SSSR count). The summed E-state index contributed by atoms with van der Waals surface area (Å²) >= 11 is 11.1. The summed E-state index contributed by atoms with van der Waals surface area (Å²) in [5.41, 5.74) is 8.25. The Bertz CT molecular complexity index is 509. The second-order valence-electron chi connectivity index (χ2n) is 6.43. The third-order valence-electron chi connectivity index (χ3n) is 5.06. The summed E-state index contributed by atoms with van der Waals surface area (Å²) in [6.07, 6.45) is 0. The van der Waals surface area contributed by atoms with Crippen LogP contribution in [-0.2, 0) is 0 Å². The lowest BCUT2D eigenvalue weighted by molar-refractivity contribution is 0.457. The van der Waals surface area contributed by atoms with Gasteiger partial charge in [-0.05, 0) is 34.9 Å². The summed E-state index contributed by atoms with van der Waals surface area (Å²) in [5, 5.41) is 4.15. The minimum Gasteiger partial charge on any atom is -0.389 e. The van der Waals surface area contributed by atoms with Gasteiger partial charge in [0.15, 0.2) is 0 Å². The Morgan fingerprint density at radius 1 is 1.32 bits per heavy atom. The van der Waals surface area contributed by atoms with E-state index in [0.717, 1.165) is 17.8 Å². The number of benzene rings is 1. The fraction of sp³-hybridized carbons (Fsp3) is 0.533. The van der Waals surface area contributed by atoms with Gasteiger partial charge in [0, 0.05) is 22.8 Å². The molecule has 1 fully saturated rings. The van der Waals surface area contributed by atoms with Crippen molar-refractivity contribution in [2.24, 2.45) is 22.5 Å². The molecule has 0 aliphatic heterocycles. The molecule has 1 aliphatic rings. The predicted octanol–water partition coefficient (Wildman–Crippen LogP) is 4.07. The van der Waals surface area contributed by atoms with Crippen LogP contribution in [0.3, 0.4) is 0 Å². The average Bonchev–Trinajstić information content (AvgIpc) is 2.66. The van der Waals surface area contributed by atoms with Crippen molar-refractivity contribution < 1.29 is 0 Å². The van der Waals surface area contributed by atoms with Gasteiger partial charge in [0.05, 0.1) is 0 Å². The van der Waals surface area contributed by atoms with Crippen LogP contribution in [0.1, 0.15) is 33.3 Å². The van der Waals surface area contributed by atoms with Gasteiger partial charge in [-0.15, -0.1) is 0 Å². The van der Waals surface area contributed by atoms with Gasteiger partial charge >= 0.3 is 0 Å². The molecule has 0 heterocycles. The van der Waals surface area contributed by atoms with E-state index in [0.29, 0.717) is 26.8 Å². The fourth-order valence-electron chi connectivity index (χ4n) is 2.93. The predicted molar refractivity (Wildman–Crippen MR) is 86.9 cm³/mol. The Kier molecular flexibility index (Phi) is 3.56. The molecular weight excluding hydrogens is 276 g/mol. The number of nitrogens with two attached hydrogens (primary N) is 1. The summed E-state index contributed by atoms with van der Waals surface area (Å²) in [4.78, 5) is 0.397. The zero-order valence-electron chi connectivity index (χ0n) is 11.9. The maximum atomic E-state index is 6.04. The van der Waals surface area contributed by atoms with E-state index in [2.05, 4.69) is 33.0 Å². The van der Waals surface area contributed by atoms with E-state index in [9.17, 15) is 0 Å². The minimum atomic E-state index is 0.363. The molecule has 0 saturated heterocycles. The number of nitrogens with one attached hydrogen (secondary N) is 1. The average molecular weight is 297 g/mol. The number of hydrogen-bond donors (Lipinski definition) is 2. The lowest BCUT2D eigenvalue weighted by Gasteiger charge is -2.12. The maximum Gasteiger partial charge on any atom is 0.106 e. The second kappa shape index (κ2) is 4.64. The summed E-state index contributed by atoms with van der Waals surface area (Å²) in [5.74, 6) is 0.637. The topological polar surface area (TPSA) is 38.0 Å². The number of hydrogen-bond acceptors (Lipinski definition) is 2. The van der Waals surface area contributed by atoms with Crippen LogP contribution in [0.4, 0.5) is 5.69 Å². The summed E-state index contributed by atoms with van der Waals surface area (Å²) in [7, 11) is 0. The smallest absolute Gasteiger partial charge is 0.106 e. The maximum absolute atomic E-state index is 6.04. The van der Waals surface area contributed by atoms with E-state index in [1.165, 1.54) is 0 Å². The molecule has 1 aromatic rings. The van der Waals surface area contributed by atoms with Gasteiger partial charge in [-0.2, -0.15) is 0 Å². The van der Waals surface area contributed by atoms with Crippen LogP contribution in [-0.4, -0.2) is 11.5 Å². The summed E-state index contributed by atoms with van der Waals surface area (Å²) < 4.78 is 0. The molecule has 104 valence electrons. The molecule has 3 N–H and O–H groups in total. The van der Waals surface area contributed by atoms with E-state index in [4.69, 9.17) is 29.6 Å². The fourth-order valence-corrected chi connectivity index (χ4v) is 3.28. The Morgan fingerprint density at radius 2 is 1.89 bits per heavy atom. The molecule has 1 aromatic carbocycles. The molecule has 19 heavy (non-hydrogen) atoms. The Hall–Kier alpha value is -0.800. The second-order valence-corrected chi connectivity index (χ2v) is 7.31. The number of halogens is 1. The van der Waals surface area contributed by atoms with Crippen molar-refractivity contribution in [2.75, 3.05) is 11.9 Å². The molecule has 4 heteroatoms. The summed E-state index contributed by atoms with van der Waals surface area (Å²) in [6.45, 7) is 10.2. The van der Waals surface area contributed by atoms with Crippen LogP contribution in [0.25, 0.3) is 0 Å². The van der Waals surface area contributed by atoms with E-state index in [1.807, 2.05) is 18.2 Å². The molecule has 0 radical (unpaired) electrons. The van der Waals surface area contributed by atoms with Gasteiger partial charge in [0.25, 0.3) is 0 Å². The van der Waals surface area contributed by atoms with Gasteiger partial charge in [0.2, 0.25) is 0 Å². The third-order valence-corrected chi connectivity index (χ3v) is 5.52. The van der Waals surface area contributed by atoms with Crippen LogP contribution in [0.2, 0.25) is 5.02 Å². The highest BCUT2D eigenvalue weighted by Gasteiger charge is 2.64. The van der Waals surface area contributed by atoms with Crippen molar-refractivity contribution in [2.45, 2.75) is 27.7 Å². The molecule has 0 aromatic heterocycles. The molecule has 0 atom stereocenters. The summed E-state index contributed by atoms with van der Waals surface area (Å²) in [6, 6.07) is 5.57. The van der Waals surface area contributed by atoms with Crippen molar-refractivity contribution in [3.8, 4) is 0 Å². The number of anilines is 1. The van der Waals surface area contributed by atoms with Crippen LogP contribution in [0.5, 0.6) is 0 Å². The molecular formula is C15H21ClN2S. The molecule has 0 spiro atoms. The van der Waals surface area contributed by atoms with Crippen molar-refractivity contribution in [3.05, 3.63) is 28.8 Å². The van der Waals surface area contributed by atoms with Crippen molar-refractivity contribution in [1.29, 1.82) is 0 Å². The van der Waals surface area contributed by atoms with E-state index >= 15 is 0 Å². The highest BCUT2D eigenvalue weighted by molar-refractivity contribution is 7.80. The van der Waals surface area contributed by atoms with Gasteiger partial charge < -0.3 is 11.1 Å².